The number of carboxylic acids is 1. The number of carboxylic acid groups (broad SMARTS) is 1. The van der Waals surface area contributed by atoms with Gasteiger partial charge in [-0.1, -0.05) is 30.9 Å². The van der Waals surface area contributed by atoms with Gasteiger partial charge in [-0.2, -0.15) is 0 Å². The van der Waals surface area contributed by atoms with Crippen molar-refractivity contribution in [2.24, 2.45) is 0 Å². The predicted octanol–water partition coefficient (Wildman–Crippen LogP) is 2.81. The maximum Gasteiger partial charge on any atom is 0.337 e. The fourth-order valence-electron chi connectivity index (χ4n) is 1.45. The van der Waals surface area contributed by atoms with Crippen molar-refractivity contribution in [3.8, 4) is 0 Å². The van der Waals surface area contributed by atoms with E-state index in [2.05, 4.69) is 37.6 Å². The van der Waals surface area contributed by atoms with E-state index in [9.17, 15) is 9.59 Å². The summed E-state index contributed by atoms with van der Waals surface area (Å²) >= 11 is 0. The number of ether oxygens (including phenoxy) is 5. The normalized spacial score (nSPS) is 10.4. The van der Waals surface area contributed by atoms with E-state index in [1.807, 2.05) is 0 Å². The molecular formula is C21H30O8. The minimum absolute atomic E-state index is 0.00917. The molecule has 8 nitrogen and oxygen atoms in total. The molecule has 0 amide bonds. The summed E-state index contributed by atoms with van der Waals surface area (Å²) in [5.41, 5.74) is 0.00917. The molecule has 0 radical (unpaired) electrons. The Morgan fingerprint density at radius 1 is 0.862 bits per heavy atom. The summed E-state index contributed by atoms with van der Waals surface area (Å²) in [6.07, 6.45) is 8.36. The molecule has 29 heavy (non-hydrogen) atoms. The van der Waals surface area contributed by atoms with E-state index in [-0.39, 0.29) is 32.0 Å². The van der Waals surface area contributed by atoms with Crippen LogP contribution in [0.15, 0.2) is 74.9 Å². The number of carbonyl (C=O) groups is 2. The van der Waals surface area contributed by atoms with E-state index >= 15 is 0 Å². The summed E-state index contributed by atoms with van der Waals surface area (Å²) in [7, 11) is 1.20. The van der Waals surface area contributed by atoms with Crippen LogP contribution in [-0.2, 0) is 33.3 Å². The standard InChI is InChI=1S/C14H22O4.C7H8O4/c1-5-9-15-13-14(16-10-6-2,17-11-7-3)18-12-8-4;1-5(7(10)11-2)3-4-6(8)9/h5-8H,1-4,9-13H2;3-4H,1H2,2H3,(H,8,9). The van der Waals surface area contributed by atoms with E-state index in [1.165, 1.54) is 7.11 Å². The second-order valence-corrected chi connectivity index (χ2v) is 4.97. The third kappa shape index (κ3) is 15.9. The van der Waals surface area contributed by atoms with Gasteiger partial charge < -0.3 is 28.8 Å². The smallest absolute Gasteiger partial charge is 0.337 e. The second kappa shape index (κ2) is 18.6. The average molecular weight is 410 g/mol. The molecule has 162 valence electrons. The van der Waals surface area contributed by atoms with Crippen molar-refractivity contribution in [2.45, 2.75) is 5.97 Å². The highest BCUT2D eigenvalue weighted by Crippen LogP contribution is 2.17. The van der Waals surface area contributed by atoms with Crippen molar-refractivity contribution in [3.05, 3.63) is 74.9 Å². The number of aliphatic carboxylic acids is 1. The molecule has 0 bridgehead atoms. The van der Waals surface area contributed by atoms with Gasteiger partial charge in [0.2, 0.25) is 0 Å². The van der Waals surface area contributed by atoms with Crippen molar-refractivity contribution >= 4 is 11.9 Å². The zero-order valence-corrected chi connectivity index (χ0v) is 16.8. The van der Waals surface area contributed by atoms with Gasteiger partial charge in [-0.3, -0.25) is 0 Å². The Balaban J connectivity index is 0. The highest BCUT2D eigenvalue weighted by Gasteiger charge is 2.33. The monoisotopic (exact) mass is 410 g/mol. The van der Waals surface area contributed by atoms with Gasteiger partial charge in [0, 0.05) is 6.08 Å². The van der Waals surface area contributed by atoms with E-state index < -0.39 is 17.9 Å². The Kier molecular flexibility index (Phi) is 18.2. The van der Waals surface area contributed by atoms with E-state index in [0.717, 1.165) is 12.2 Å². The number of esters is 1. The lowest BCUT2D eigenvalue weighted by Crippen LogP contribution is -2.44. The van der Waals surface area contributed by atoms with Crippen LogP contribution >= 0.6 is 0 Å². The summed E-state index contributed by atoms with van der Waals surface area (Å²) in [6, 6.07) is 0. The van der Waals surface area contributed by atoms with Gasteiger partial charge in [-0.25, -0.2) is 9.59 Å². The zero-order chi connectivity index (χ0) is 22.5. The van der Waals surface area contributed by atoms with Gasteiger partial charge in [0.1, 0.15) is 6.61 Å². The van der Waals surface area contributed by atoms with Gasteiger partial charge in [0.15, 0.2) is 0 Å². The Morgan fingerprint density at radius 3 is 1.66 bits per heavy atom. The van der Waals surface area contributed by atoms with Gasteiger partial charge in [-0.05, 0) is 6.08 Å². The fraction of sp³-hybridized carbons (Fsp3) is 0.333. The molecule has 0 unspecified atom stereocenters. The van der Waals surface area contributed by atoms with Crippen LogP contribution in [0, 0.1) is 0 Å². The lowest BCUT2D eigenvalue weighted by atomic mass is 10.3. The second-order valence-electron chi connectivity index (χ2n) is 4.97. The first-order chi connectivity index (χ1) is 13.8. The van der Waals surface area contributed by atoms with E-state index in [0.29, 0.717) is 6.61 Å². The van der Waals surface area contributed by atoms with Crippen LogP contribution in [0.5, 0.6) is 0 Å². The molecule has 1 N–H and O–H groups in total. The van der Waals surface area contributed by atoms with Crippen molar-refractivity contribution in [3.63, 3.8) is 0 Å². The molecule has 0 aliphatic rings. The van der Waals surface area contributed by atoms with Crippen molar-refractivity contribution in [1.29, 1.82) is 0 Å². The third-order valence-electron chi connectivity index (χ3n) is 2.65. The van der Waals surface area contributed by atoms with Crippen LogP contribution in [0.25, 0.3) is 0 Å². The van der Waals surface area contributed by atoms with Gasteiger partial charge in [-0.15, -0.1) is 26.3 Å². The molecule has 0 aromatic heterocycles. The number of hydrogen-bond acceptors (Lipinski definition) is 7. The fourth-order valence-corrected chi connectivity index (χ4v) is 1.45. The quantitative estimate of drug-likeness (QED) is 0.104. The molecule has 0 saturated carbocycles. The number of rotatable bonds is 16. The molecule has 0 fully saturated rings. The first-order valence-electron chi connectivity index (χ1n) is 8.43. The minimum Gasteiger partial charge on any atom is -0.478 e. The molecular weight excluding hydrogens is 380 g/mol. The summed E-state index contributed by atoms with van der Waals surface area (Å²) in [5, 5.41) is 8.14. The molecule has 0 aromatic carbocycles. The van der Waals surface area contributed by atoms with E-state index in [4.69, 9.17) is 24.1 Å². The molecule has 0 aliphatic carbocycles. The van der Waals surface area contributed by atoms with Gasteiger partial charge >= 0.3 is 17.9 Å². The summed E-state index contributed by atoms with van der Waals surface area (Å²) in [6.45, 7) is 19.0. The van der Waals surface area contributed by atoms with Gasteiger partial charge in [0.05, 0.1) is 39.1 Å². The lowest BCUT2D eigenvalue weighted by molar-refractivity contribution is -0.384. The molecule has 0 aliphatic heterocycles. The summed E-state index contributed by atoms with van der Waals surface area (Å²) in [4.78, 5) is 20.5. The zero-order valence-electron chi connectivity index (χ0n) is 16.8. The Labute approximate surface area is 172 Å². The largest absolute Gasteiger partial charge is 0.478 e. The predicted molar refractivity (Wildman–Crippen MR) is 110 cm³/mol. The topological polar surface area (TPSA) is 101 Å². The highest BCUT2D eigenvalue weighted by molar-refractivity contribution is 5.92. The Hall–Kier alpha value is -2.78. The average Bonchev–Trinajstić information content (AvgIpc) is 2.72. The molecule has 8 heteroatoms. The molecule has 0 rings (SSSR count). The maximum absolute atomic E-state index is 10.6. The van der Waals surface area contributed by atoms with Crippen LogP contribution in [0.1, 0.15) is 0 Å². The maximum atomic E-state index is 10.6. The molecule has 0 spiro atoms. The first-order valence-corrected chi connectivity index (χ1v) is 8.43. The lowest BCUT2D eigenvalue weighted by Gasteiger charge is -2.31. The molecule has 0 aromatic rings. The van der Waals surface area contributed by atoms with Crippen LogP contribution in [0.4, 0.5) is 0 Å². The van der Waals surface area contributed by atoms with Crippen LogP contribution in [0.2, 0.25) is 0 Å². The van der Waals surface area contributed by atoms with Crippen molar-refractivity contribution < 1.29 is 38.4 Å². The summed E-state index contributed by atoms with van der Waals surface area (Å²) < 4.78 is 26.1. The van der Waals surface area contributed by atoms with Crippen molar-refractivity contribution in [1.82, 2.24) is 0 Å². The summed E-state index contributed by atoms with van der Waals surface area (Å²) in [5.74, 6) is -3.04. The SMILES string of the molecule is C=C(C=CC(=O)O)C(=O)OC.C=CCOCC(OCC=C)(OCC=C)OCC=C. The Morgan fingerprint density at radius 2 is 1.31 bits per heavy atom. The third-order valence-corrected chi connectivity index (χ3v) is 2.65. The van der Waals surface area contributed by atoms with E-state index in [1.54, 1.807) is 24.3 Å². The van der Waals surface area contributed by atoms with Crippen LogP contribution in [0.3, 0.4) is 0 Å². The number of methoxy groups -OCH3 is 1. The first kappa shape index (κ1) is 28.4. The van der Waals surface area contributed by atoms with Crippen LogP contribution in [-0.4, -0.2) is 63.2 Å². The minimum atomic E-state index is -1.28. The van der Waals surface area contributed by atoms with Gasteiger partial charge in [0.25, 0.3) is 0 Å². The Bertz CT molecular complexity index is 546. The molecule has 0 heterocycles. The molecule has 0 atom stereocenters. The molecule has 0 saturated heterocycles. The highest BCUT2D eigenvalue weighted by atomic mass is 16.9. The number of hydrogen-bond donors (Lipinski definition) is 1. The van der Waals surface area contributed by atoms with Crippen LogP contribution < -0.4 is 0 Å². The number of carbonyl (C=O) groups excluding carboxylic acids is 1. The van der Waals surface area contributed by atoms with Crippen molar-refractivity contribution in [2.75, 3.05) is 40.1 Å².